The molecule has 3 aromatic rings. The summed E-state index contributed by atoms with van der Waals surface area (Å²) < 4.78 is 1.86. The van der Waals surface area contributed by atoms with Crippen LogP contribution in [0.15, 0.2) is 23.1 Å². The van der Waals surface area contributed by atoms with E-state index in [1.54, 1.807) is 28.1 Å². The third kappa shape index (κ3) is 3.69. The van der Waals surface area contributed by atoms with E-state index in [0.717, 1.165) is 24.2 Å². The van der Waals surface area contributed by atoms with E-state index in [1.165, 1.54) is 6.92 Å². The number of carbonyl (C=O) groups excluding carboxylic acids is 2. The maximum absolute atomic E-state index is 13.1. The quantitative estimate of drug-likeness (QED) is 0.671. The molecule has 4 rings (SSSR count). The molecule has 0 saturated carbocycles. The zero-order valence-electron chi connectivity index (χ0n) is 17.9. The van der Waals surface area contributed by atoms with E-state index in [4.69, 9.17) is 11.6 Å². The largest absolute Gasteiger partial charge is 0.339 e. The fraction of sp³-hybridized carbons (Fsp3) is 0.455. The summed E-state index contributed by atoms with van der Waals surface area (Å²) in [4.78, 5) is 48.2. The van der Waals surface area contributed by atoms with Crippen LogP contribution in [0, 0.1) is 0 Å². The second kappa shape index (κ2) is 8.34. The number of rotatable bonds is 4. The van der Waals surface area contributed by atoms with Gasteiger partial charge in [0.05, 0.1) is 27.8 Å². The van der Waals surface area contributed by atoms with Crippen LogP contribution in [0.1, 0.15) is 55.7 Å². The van der Waals surface area contributed by atoms with Crippen molar-refractivity contribution in [2.45, 2.75) is 39.5 Å². The van der Waals surface area contributed by atoms with Crippen LogP contribution in [0.3, 0.4) is 0 Å². The Bertz CT molecular complexity index is 1220. The van der Waals surface area contributed by atoms with Gasteiger partial charge >= 0.3 is 0 Å². The minimum Gasteiger partial charge on any atom is -0.339 e. The Kier molecular flexibility index (Phi) is 5.75. The lowest BCUT2D eigenvalue weighted by Gasteiger charge is -2.34. The van der Waals surface area contributed by atoms with Crippen LogP contribution in [0.25, 0.3) is 16.6 Å². The van der Waals surface area contributed by atoms with Crippen molar-refractivity contribution in [2.24, 2.45) is 0 Å². The molecule has 31 heavy (non-hydrogen) atoms. The molecule has 164 valence electrons. The number of aromatic nitrogens is 3. The second-order valence-electron chi connectivity index (χ2n) is 7.95. The average molecular weight is 444 g/mol. The summed E-state index contributed by atoms with van der Waals surface area (Å²) in [5.41, 5.74) is 1.80. The summed E-state index contributed by atoms with van der Waals surface area (Å²) in [5, 5.41) is 0.323. The number of piperazine rings is 1. The molecule has 0 unspecified atom stereocenters. The molecule has 8 nitrogen and oxygen atoms in total. The Balaban J connectivity index is 1.78. The van der Waals surface area contributed by atoms with Gasteiger partial charge in [-0.05, 0) is 25.0 Å². The summed E-state index contributed by atoms with van der Waals surface area (Å²) >= 11 is 6.57. The number of H-pyrrole nitrogens is 1. The smallest absolute Gasteiger partial charge is 0.274 e. The second-order valence-corrected chi connectivity index (χ2v) is 8.36. The molecule has 0 radical (unpaired) electrons. The fourth-order valence-corrected chi connectivity index (χ4v) is 4.55. The lowest BCUT2D eigenvalue weighted by Crippen LogP contribution is -2.50. The summed E-state index contributed by atoms with van der Waals surface area (Å²) in [6, 6.07) is 3.38. The summed E-state index contributed by atoms with van der Waals surface area (Å²) in [5.74, 6) is 0.838. The molecule has 1 aliphatic heterocycles. The highest BCUT2D eigenvalue weighted by atomic mass is 35.5. The highest BCUT2D eigenvalue weighted by Crippen LogP contribution is 2.28. The van der Waals surface area contributed by atoms with E-state index in [1.807, 2.05) is 4.40 Å². The van der Waals surface area contributed by atoms with Crippen LogP contribution in [0.5, 0.6) is 0 Å². The zero-order valence-corrected chi connectivity index (χ0v) is 18.7. The Hall–Kier alpha value is -2.87. The van der Waals surface area contributed by atoms with Crippen molar-refractivity contribution in [3.8, 4) is 0 Å². The minimum absolute atomic E-state index is 0.00558. The number of nitrogens with one attached hydrogen (secondary N) is 1. The van der Waals surface area contributed by atoms with Crippen LogP contribution in [0.4, 0.5) is 0 Å². The topological polar surface area (TPSA) is 90.8 Å². The Morgan fingerprint density at radius 2 is 1.74 bits per heavy atom. The van der Waals surface area contributed by atoms with E-state index < -0.39 is 0 Å². The average Bonchev–Trinajstić information content (AvgIpc) is 3.20. The van der Waals surface area contributed by atoms with Crippen molar-refractivity contribution >= 4 is 40.0 Å². The van der Waals surface area contributed by atoms with Crippen LogP contribution in [-0.2, 0) is 4.79 Å². The van der Waals surface area contributed by atoms with Crippen molar-refractivity contribution in [3.63, 3.8) is 0 Å². The molecule has 1 aromatic carbocycles. The number of nitrogens with zero attached hydrogens (tertiary/aromatic N) is 4. The van der Waals surface area contributed by atoms with Gasteiger partial charge in [0.1, 0.15) is 11.3 Å². The molecule has 1 fully saturated rings. The monoisotopic (exact) mass is 443 g/mol. The molecule has 0 aliphatic carbocycles. The molecule has 0 atom stereocenters. The number of amides is 2. The van der Waals surface area contributed by atoms with Gasteiger partial charge in [0, 0.05) is 39.0 Å². The molecule has 0 spiro atoms. The molecule has 1 aliphatic rings. The van der Waals surface area contributed by atoms with Crippen LogP contribution < -0.4 is 5.56 Å². The number of hydrogen-bond acceptors (Lipinski definition) is 4. The van der Waals surface area contributed by atoms with Crippen molar-refractivity contribution in [3.05, 3.63) is 45.1 Å². The fourth-order valence-electron chi connectivity index (χ4n) is 4.31. The molecule has 3 heterocycles. The van der Waals surface area contributed by atoms with E-state index in [-0.39, 0.29) is 23.3 Å². The maximum Gasteiger partial charge on any atom is 0.274 e. The zero-order chi connectivity index (χ0) is 22.3. The number of hydrogen-bond donors (Lipinski definition) is 1. The first-order chi connectivity index (χ1) is 14.8. The number of imidazole rings is 1. The minimum atomic E-state index is -0.256. The maximum atomic E-state index is 13.1. The lowest BCUT2D eigenvalue weighted by molar-refractivity contribution is -0.130. The number of carbonyl (C=O) groups is 2. The van der Waals surface area contributed by atoms with Gasteiger partial charge in [-0.2, -0.15) is 0 Å². The first-order valence-electron chi connectivity index (χ1n) is 10.6. The predicted molar refractivity (Wildman–Crippen MR) is 120 cm³/mol. The molecule has 2 amide bonds. The Morgan fingerprint density at radius 3 is 2.35 bits per heavy atom. The van der Waals surface area contributed by atoms with E-state index in [0.29, 0.717) is 47.8 Å². The van der Waals surface area contributed by atoms with Crippen molar-refractivity contribution in [1.29, 1.82) is 0 Å². The molecular weight excluding hydrogens is 418 g/mol. The number of aromatic amines is 1. The summed E-state index contributed by atoms with van der Waals surface area (Å²) in [6.45, 7) is 7.61. The van der Waals surface area contributed by atoms with Crippen molar-refractivity contribution < 1.29 is 9.59 Å². The Morgan fingerprint density at radius 1 is 1.10 bits per heavy atom. The highest BCUT2D eigenvalue weighted by Gasteiger charge is 2.26. The molecule has 2 aromatic heterocycles. The van der Waals surface area contributed by atoms with Crippen LogP contribution in [0.2, 0.25) is 5.02 Å². The predicted octanol–water partition coefficient (Wildman–Crippen LogP) is 3.04. The van der Waals surface area contributed by atoms with E-state index in [2.05, 4.69) is 23.8 Å². The SMILES string of the molecule is CCC(CC)c1ncc2c(=O)[nH]c3cc(C(=O)N4CCN(C(C)=O)CC4)c(Cl)cc3n12. The molecule has 1 saturated heterocycles. The summed E-state index contributed by atoms with van der Waals surface area (Å²) in [7, 11) is 0. The van der Waals surface area contributed by atoms with Crippen molar-refractivity contribution in [2.75, 3.05) is 26.2 Å². The van der Waals surface area contributed by atoms with Gasteiger partial charge in [-0.25, -0.2) is 4.98 Å². The standard InChI is InChI=1S/C22H26ClN5O3/c1-4-14(5-2)20-24-12-19-21(30)25-17-10-15(16(23)11-18(17)28(19)20)22(31)27-8-6-26(7-9-27)13(3)29/h10-12,14H,4-9H2,1-3H3,(H,25,30). The first kappa shape index (κ1) is 21.4. The Labute approximate surface area is 184 Å². The van der Waals surface area contributed by atoms with Gasteiger partial charge in [-0.1, -0.05) is 25.4 Å². The molecule has 9 heteroatoms. The third-order valence-corrected chi connectivity index (χ3v) is 6.50. The van der Waals surface area contributed by atoms with E-state index >= 15 is 0 Å². The van der Waals surface area contributed by atoms with Gasteiger partial charge in [-0.15, -0.1) is 0 Å². The number of halogens is 1. The van der Waals surface area contributed by atoms with Gasteiger partial charge < -0.3 is 14.8 Å². The van der Waals surface area contributed by atoms with Gasteiger partial charge in [0.15, 0.2) is 0 Å². The molecule has 0 bridgehead atoms. The summed E-state index contributed by atoms with van der Waals surface area (Å²) in [6.07, 6.45) is 3.40. The van der Waals surface area contributed by atoms with Gasteiger partial charge in [-0.3, -0.25) is 18.8 Å². The number of benzene rings is 1. The normalized spacial score (nSPS) is 14.7. The van der Waals surface area contributed by atoms with Gasteiger partial charge in [0.25, 0.3) is 11.5 Å². The lowest BCUT2D eigenvalue weighted by atomic mass is 10.0. The van der Waals surface area contributed by atoms with Crippen molar-refractivity contribution in [1.82, 2.24) is 24.2 Å². The van der Waals surface area contributed by atoms with Gasteiger partial charge in [0.2, 0.25) is 5.91 Å². The highest BCUT2D eigenvalue weighted by molar-refractivity contribution is 6.34. The first-order valence-corrected chi connectivity index (χ1v) is 11.0. The van der Waals surface area contributed by atoms with Crippen LogP contribution in [-0.4, -0.2) is 62.2 Å². The molecular formula is C22H26ClN5O3. The van der Waals surface area contributed by atoms with E-state index in [9.17, 15) is 14.4 Å². The van der Waals surface area contributed by atoms with Crippen LogP contribution >= 0.6 is 11.6 Å². The number of fused-ring (bicyclic) bond motifs is 3. The molecule has 1 N–H and O–H groups in total. The third-order valence-electron chi connectivity index (χ3n) is 6.19.